The van der Waals surface area contributed by atoms with E-state index in [1.54, 1.807) is 33.9 Å². The Morgan fingerprint density at radius 3 is 2.51 bits per heavy atom. The van der Waals surface area contributed by atoms with Crippen molar-refractivity contribution in [3.05, 3.63) is 133 Å². The van der Waals surface area contributed by atoms with Crippen molar-refractivity contribution in [3.63, 3.8) is 0 Å². The van der Waals surface area contributed by atoms with Crippen LogP contribution in [0, 0.1) is 5.92 Å². The van der Waals surface area contributed by atoms with Crippen LogP contribution in [0.3, 0.4) is 0 Å². The van der Waals surface area contributed by atoms with Crippen LogP contribution in [0.2, 0.25) is 18.6 Å². The Bertz CT molecular complexity index is 2240. The maximum Gasteiger partial charge on any atom is 0.269 e. The SMILES string of the molecule is C=CCN1C(=O)[C@]2(O[C@H](CCn3cc([C@H](O)c4ccccc4)nn3)[C@@H]([Si](C)(C)c3ccc(OC)cc3)[C@@H]2C)c2cc(N3C(=O)COc4ccccc43)ccc21. The van der Waals surface area contributed by atoms with Gasteiger partial charge < -0.3 is 24.2 Å². The van der Waals surface area contributed by atoms with Gasteiger partial charge in [-0.05, 0) is 60.0 Å². The van der Waals surface area contributed by atoms with Gasteiger partial charge in [0.05, 0.1) is 38.9 Å². The molecule has 282 valence electrons. The smallest absolute Gasteiger partial charge is 0.269 e. The first-order valence-electron chi connectivity index (χ1n) is 18.7. The number of amides is 2. The lowest BCUT2D eigenvalue weighted by Gasteiger charge is -2.37. The fourth-order valence-corrected chi connectivity index (χ4v) is 13.1. The highest BCUT2D eigenvalue weighted by atomic mass is 28.3. The number of aliphatic hydroxyl groups is 1. The minimum Gasteiger partial charge on any atom is -0.497 e. The quantitative estimate of drug-likeness (QED) is 0.124. The van der Waals surface area contributed by atoms with Gasteiger partial charge in [0.15, 0.2) is 12.2 Å². The van der Waals surface area contributed by atoms with Gasteiger partial charge in [0, 0.05) is 30.3 Å². The number of benzene rings is 4. The molecular formula is C43H45N5O6Si. The summed E-state index contributed by atoms with van der Waals surface area (Å²) < 4.78 is 20.3. The lowest BCUT2D eigenvalue weighted by molar-refractivity contribution is -0.145. The van der Waals surface area contributed by atoms with Gasteiger partial charge in [0.25, 0.3) is 11.8 Å². The molecule has 5 atom stereocenters. The van der Waals surface area contributed by atoms with Crippen molar-refractivity contribution in [1.82, 2.24) is 15.0 Å². The van der Waals surface area contributed by atoms with Crippen molar-refractivity contribution < 1.29 is 28.9 Å². The number of carbonyl (C=O) groups excluding carboxylic acids is 2. The van der Waals surface area contributed by atoms with Gasteiger partial charge in [0.1, 0.15) is 23.3 Å². The highest BCUT2D eigenvalue weighted by Gasteiger charge is 2.66. The number of aryl methyl sites for hydroxylation is 1. The maximum absolute atomic E-state index is 15.1. The third-order valence-electron chi connectivity index (χ3n) is 11.7. The summed E-state index contributed by atoms with van der Waals surface area (Å²) in [6, 6.07) is 30.9. The minimum absolute atomic E-state index is 0.0197. The molecule has 1 fully saturated rings. The number of methoxy groups -OCH3 is 1. The Labute approximate surface area is 321 Å². The molecule has 1 saturated heterocycles. The average molecular weight is 756 g/mol. The molecule has 3 aliphatic heterocycles. The zero-order valence-corrected chi connectivity index (χ0v) is 32.5. The molecule has 2 amide bonds. The number of para-hydroxylation sites is 2. The first kappa shape index (κ1) is 36.4. The van der Waals surface area contributed by atoms with Crippen molar-refractivity contribution in [2.45, 2.75) is 56.3 Å². The molecule has 0 radical (unpaired) electrons. The predicted molar refractivity (Wildman–Crippen MR) is 213 cm³/mol. The Kier molecular flexibility index (Phi) is 9.44. The van der Waals surface area contributed by atoms with E-state index in [9.17, 15) is 9.90 Å². The predicted octanol–water partition coefficient (Wildman–Crippen LogP) is 6.26. The van der Waals surface area contributed by atoms with Crippen LogP contribution in [0.15, 0.2) is 116 Å². The molecule has 55 heavy (non-hydrogen) atoms. The van der Waals surface area contributed by atoms with Crippen molar-refractivity contribution in [2.24, 2.45) is 5.92 Å². The number of aliphatic hydroxyl groups excluding tert-OH is 1. The summed E-state index contributed by atoms with van der Waals surface area (Å²) in [7, 11) is -0.769. The van der Waals surface area contributed by atoms with E-state index in [1.807, 2.05) is 84.9 Å². The number of fused-ring (bicyclic) bond motifs is 3. The molecule has 3 aliphatic rings. The van der Waals surface area contributed by atoms with Gasteiger partial charge >= 0.3 is 0 Å². The van der Waals surface area contributed by atoms with E-state index < -0.39 is 19.8 Å². The lowest BCUT2D eigenvalue weighted by atomic mass is 9.82. The molecule has 0 bridgehead atoms. The molecule has 11 nitrogen and oxygen atoms in total. The summed E-state index contributed by atoms with van der Waals surface area (Å²) in [6.07, 6.45) is 2.80. The van der Waals surface area contributed by atoms with Crippen molar-refractivity contribution >= 4 is 42.1 Å². The van der Waals surface area contributed by atoms with Crippen molar-refractivity contribution in [1.29, 1.82) is 0 Å². The van der Waals surface area contributed by atoms with E-state index >= 15 is 4.79 Å². The molecule has 12 heteroatoms. The second-order valence-electron chi connectivity index (χ2n) is 15.1. The summed E-state index contributed by atoms with van der Waals surface area (Å²) in [5.41, 5.74) is 2.62. The summed E-state index contributed by atoms with van der Waals surface area (Å²) in [5, 5.41) is 20.9. The fourth-order valence-electron chi connectivity index (χ4n) is 9.02. The van der Waals surface area contributed by atoms with Crippen LogP contribution in [-0.4, -0.2) is 66.4 Å². The topological polar surface area (TPSA) is 119 Å². The number of hydrogen-bond donors (Lipinski definition) is 1. The third-order valence-corrected chi connectivity index (χ3v) is 16.0. The zero-order valence-electron chi connectivity index (χ0n) is 31.5. The summed E-state index contributed by atoms with van der Waals surface area (Å²) in [5.74, 6) is 0.808. The Morgan fingerprint density at radius 1 is 1.02 bits per heavy atom. The Hall–Kier alpha value is -5.56. The molecule has 1 N–H and O–H groups in total. The van der Waals surface area contributed by atoms with E-state index in [1.165, 1.54) is 5.19 Å². The van der Waals surface area contributed by atoms with Crippen LogP contribution in [0.5, 0.6) is 11.5 Å². The van der Waals surface area contributed by atoms with Gasteiger partial charge in [0.2, 0.25) is 0 Å². The van der Waals surface area contributed by atoms with Crippen LogP contribution in [0.1, 0.15) is 36.3 Å². The molecule has 5 aromatic rings. The first-order valence-corrected chi connectivity index (χ1v) is 21.7. The molecule has 1 spiro atoms. The number of rotatable bonds is 11. The van der Waals surface area contributed by atoms with Crippen molar-refractivity contribution in [3.8, 4) is 11.5 Å². The Morgan fingerprint density at radius 2 is 1.76 bits per heavy atom. The second-order valence-corrected chi connectivity index (χ2v) is 19.7. The van der Waals surface area contributed by atoms with Crippen LogP contribution in [0.25, 0.3) is 0 Å². The van der Waals surface area contributed by atoms with E-state index in [0.29, 0.717) is 42.3 Å². The van der Waals surface area contributed by atoms with Crippen LogP contribution >= 0.6 is 0 Å². The number of hydrogen-bond acceptors (Lipinski definition) is 8. The van der Waals surface area contributed by atoms with Crippen LogP contribution in [-0.2, 0) is 26.5 Å². The largest absolute Gasteiger partial charge is 0.497 e. The average Bonchev–Trinajstić information content (AvgIpc) is 3.87. The molecule has 4 aromatic carbocycles. The van der Waals surface area contributed by atoms with E-state index in [-0.39, 0.29) is 36.0 Å². The number of ether oxygens (including phenoxy) is 3. The van der Waals surface area contributed by atoms with Crippen molar-refractivity contribution in [2.75, 3.05) is 30.1 Å². The summed E-state index contributed by atoms with van der Waals surface area (Å²) >= 11 is 0. The molecular weight excluding hydrogens is 711 g/mol. The molecule has 0 saturated carbocycles. The minimum atomic E-state index is -2.43. The number of carbonyl (C=O) groups is 2. The van der Waals surface area contributed by atoms with Gasteiger partial charge in [-0.2, -0.15) is 0 Å². The second kappa shape index (κ2) is 14.3. The van der Waals surface area contributed by atoms with Gasteiger partial charge in [-0.1, -0.05) is 91.1 Å². The van der Waals surface area contributed by atoms with E-state index in [4.69, 9.17) is 14.2 Å². The highest BCUT2D eigenvalue weighted by molar-refractivity contribution is 6.91. The Balaban J connectivity index is 1.20. The van der Waals surface area contributed by atoms with Crippen LogP contribution < -0.4 is 24.5 Å². The highest BCUT2D eigenvalue weighted by Crippen LogP contribution is 2.60. The number of nitrogens with zero attached hydrogens (tertiary/aromatic N) is 5. The first-order chi connectivity index (χ1) is 26.6. The van der Waals surface area contributed by atoms with Crippen LogP contribution in [0.4, 0.5) is 17.1 Å². The zero-order chi connectivity index (χ0) is 38.5. The summed E-state index contributed by atoms with van der Waals surface area (Å²) in [6.45, 7) is 11.5. The number of aromatic nitrogens is 3. The van der Waals surface area contributed by atoms with Gasteiger partial charge in [-0.25, -0.2) is 0 Å². The van der Waals surface area contributed by atoms with E-state index in [0.717, 1.165) is 22.6 Å². The van der Waals surface area contributed by atoms with E-state index in [2.05, 4.69) is 49.0 Å². The monoisotopic (exact) mass is 755 g/mol. The normalized spacial score (nSPS) is 22.4. The molecule has 0 unspecified atom stereocenters. The van der Waals surface area contributed by atoms with Gasteiger partial charge in [-0.15, -0.1) is 11.7 Å². The molecule has 1 aromatic heterocycles. The molecule has 4 heterocycles. The maximum atomic E-state index is 15.1. The lowest BCUT2D eigenvalue weighted by Crippen LogP contribution is -2.52. The number of anilines is 3. The van der Waals surface area contributed by atoms with Gasteiger partial charge in [-0.3, -0.25) is 19.2 Å². The third kappa shape index (κ3) is 6.05. The standard InChI is InChI=1S/C43H45N5O6Si/c1-6-23-47-35-21-16-30(48-36-14-10-11-15-37(36)53-27-39(48)49)25-33(35)43(42(47)51)28(2)41(55(4,5)32-19-17-31(52-3)18-20-32)38(54-43)22-24-46-26-34(44-45-46)40(50)29-12-8-7-9-13-29/h6-21,25-26,28,38,40-41,50H,1,22-24,27H2,2-5H3/t28-,38+,40+,41-,43+/m0/s1. The molecule has 8 rings (SSSR count). The summed E-state index contributed by atoms with van der Waals surface area (Å²) in [4.78, 5) is 32.0. The fraction of sp³-hybridized carbons (Fsp3) is 0.302. The molecule has 0 aliphatic carbocycles.